The SMILES string of the molecule is CC(C)(C)COC1=CCC(NC(=O)c2cc3ccccc3oc2=O)C=C1C#N. The molecule has 6 heteroatoms. The molecule has 0 fully saturated rings. The van der Waals surface area contributed by atoms with Gasteiger partial charge in [-0.2, -0.15) is 5.26 Å². The van der Waals surface area contributed by atoms with Gasteiger partial charge in [-0.1, -0.05) is 39.0 Å². The van der Waals surface area contributed by atoms with Crippen LogP contribution in [0.3, 0.4) is 0 Å². The molecule has 1 aromatic heterocycles. The molecule has 0 saturated heterocycles. The summed E-state index contributed by atoms with van der Waals surface area (Å²) in [7, 11) is 0. The van der Waals surface area contributed by atoms with Crippen LogP contribution in [0, 0.1) is 16.7 Å². The standard InChI is InChI=1S/C22H22N2O4/c1-22(2,3)13-27-18-9-8-16(10-15(18)12-23)24-20(25)17-11-14-6-4-5-7-19(14)28-21(17)26/h4-7,9-11,16H,8,13H2,1-3H3,(H,24,25). The first-order valence-electron chi connectivity index (χ1n) is 9.06. The maximum atomic E-state index is 12.6. The van der Waals surface area contributed by atoms with Gasteiger partial charge in [0.2, 0.25) is 0 Å². The van der Waals surface area contributed by atoms with Crippen LogP contribution in [0.1, 0.15) is 37.6 Å². The largest absolute Gasteiger partial charge is 0.492 e. The minimum Gasteiger partial charge on any atom is -0.492 e. The molecule has 144 valence electrons. The maximum absolute atomic E-state index is 12.6. The van der Waals surface area contributed by atoms with E-state index in [1.54, 1.807) is 36.4 Å². The van der Waals surface area contributed by atoms with Crippen LogP contribution in [0.25, 0.3) is 11.0 Å². The molecule has 1 aliphatic rings. The quantitative estimate of drug-likeness (QED) is 0.819. The molecule has 3 rings (SSSR count). The Labute approximate surface area is 163 Å². The van der Waals surface area contributed by atoms with Crippen LogP contribution >= 0.6 is 0 Å². The first-order chi connectivity index (χ1) is 13.3. The fraction of sp³-hybridized carbons (Fsp3) is 0.318. The van der Waals surface area contributed by atoms with Gasteiger partial charge in [0.1, 0.15) is 23.0 Å². The van der Waals surface area contributed by atoms with Crippen LogP contribution in [0.15, 0.2) is 63.0 Å². The predicted octanol–water partition coefficient (Wildman–Crippen LogP) is 3.69. The Morgan fingerprint density at radius 1 is 1.36 bits per heavy atom. The molecule has 1 aromatic carbocycles. The number of carbonyl (C=O) groups excluding carboxylic acids is 1. The van der Waals surface area contributed by atoms with E-state index < -0.39 is 17.6 Å². The lowest BCUT2D eigenvalue weighted by molar-refractivity contribution is 0.0939. The van der Waals surface area contributed by atoms with E-state index in [0.717, 1.165) is 0 Å². The number of para-hydroxylation sites is 1. The van der Waals surface area contributed by atoms with Gasteiger partial charge in [-0.25, -0.2) is 4.79 Å². The van der Waals surface area contributed by atoms with E-state index in [4.69, 9.17) is 9.15 Å². The third-order valence-electron chi connectivity index (χ3n) is 4.17. The van der Waals surface area contributed by atoms with Gasteiger partial charge >= 0.3 is 5.63 Å². The smallest absolute Gasteiger partial charge is 0.349 e. The molecule has 0 spiro atoms. The van der Waals surface area contributed by atoms with Crippen LogP contribution in [0.4, 0.5) is 0 Å². The molecule has 1 aliphatic carbocycles. The molecule has 0 aliphatic heterocycles. The molecular weight excluding hydrogens is 356 g/mol. The van der Waals surface area contributed by atoms with Crippen molar-refractivity contribution in [1.82, 2.24) is 5.32 Å². The lowest BCUT2D eigenvalue weighted by Gasteiger charge is -2.23. The van der Waals surface area contributed by atoms with E-state index in [1.165, 1.54) is 6.07 Å². The van der Waals surface area contributed by atoms with Crippen LogP contribution < -0.4 is 10.9 Å². The minimum atomic E-state index is -0.693. The lowest BCUT2D eigenvalue weighted by atomic mass is 9.97. The van der Waals surface area contributed by atoms with Crippen molar-refractivity contribution in [3.8, 4) is 6.07 Å². The summed E-state index contributed by atoms with van der Waals surface area (Å²) in [6.45, 7) is 6.62. The number of nitrogens with one attached hydrogen (secondary N) is 1. The molecular formula is C22H22N2O4. The van der Waals surface area contributed by atoms with Crippen molar-refractivity contribution < 1.29 is 13.9 Å². The van der Waals surface area contributed by atoms with Crippen molar-refractivity contribution >= 4 is 16.9 Å². The number of carbonyl (C=O) groups is 1. The molecule has 2 aromatic rings. The van der Waals surface area contributed by atoms with Crippen molar-refractivity contribution in [3.05, 3.63) is 69.8 Å². The van der Waals surface area contributed by atoms with E-state index >= 15 is 0 Å². The molecule has 0 bridgehead atoms. The Bertz CT molecular complexity index is 1060. The number of nitrogens with zero attached hydrogens (tertiary/aromatic N) is 1. The van der Waals surface area contributed by atoms with Gasteiger partial charge in [-0.3, -0.25) is 4.79 Å². The number of hydrogen-bond acceptors (Lipinski definition) is 5. The zero-order valence-electron chi connectivity index (χ0n) is 16.1. The van der Waals surface area contributed by atoms with Crippen LogP contribution in [0.2, 0.25) is 0 Å². The Morgan fingerprint density at radius 2 is 2.11 bits per heavy atom. The monoisotopic (exact) mass is 378 g/mol. The van der Waals surface area contributed by atoms with Gasteiger partial charge in [0.05, 0.1) is 18.2 Å². The van der Waals surface area contributed by atoms with Gasteiger partial charge in [0, 0.05) is 5.39 Å². The number of hydrogen-bond donors (Lipinski definition) is 1. The first kappa shape index (κ1) is 19.4. The number of benzene rings is 1. The highest BCUT2D eigenvalue weighted by atomic mass is 16.5. The summed E-state index contributed by atoms with van der Waals surface area (Å²) in [6, 6.07) is 10.2. The van der Waals surface area contributed by atoms with Crippen LogP contribution in [-0.4, -0.2) is 18.6 Å². The number of amides is 1. The van der Waals surface area contributed by atoms with Crippen LogP contribution in [-0.2, 0) is 4.74 Å². The predicted molar refractivity (Wildman–Crippen MR) is 106 cm³/mol. The highest BCUT2D eigenvalue weighted by molar-refractivity contribution is 5.96. The van der Waals surface area contributed by atoms with E-state index in [1.807, 2.05) is 20.8 Å². The minimum absolute atomic E-state index is 0.0312. The molecule has 1 N–H and O–H groups in total. The normalized spacial score (nSPS) is 16.7. The summed E-state index contributed by atoms with van der Waals surface area (Å²) in [6.07, 6.45) is 3.91. The van der Waals surface area contributed by atoms with Gasteiger partial charge in [-0.05, 0) is 36.1 Å². The van der Waals surface area contributed by atoms with Gasteiger partial charge < -0.3 is 14.5 Å². The van der Waals surface area contributed by atoms with Crippen molar-refractivity contribution in [2.75, 3.05) is 6.61 Å². The van der Waals surface area contributed by atoms with E-state index in [-0.39, 0.29) is 11.0 Å². The Kier molecular flexibility index (Phi) is 5.36. The summed E-state index contributed by atoms with van der Waals surface area (Å²) >= 11 is 0. The number of nitriles is 1. The summed E-state index contributed by atoms with van der Waals surface area (Å²) < 4.78 is 11.0. The molecule has 1 heterocycles. The zero-order valence-corrected chi connectivity index (χ0v) is 16.1. The summed E-state index contributed by atoms with van der Waals surface area (Å²) in [4.78, 5) is 24.7. The second kappa shape index (κ2) is 7.73. The molecule has 1 unspecified atom stereocenters. The highest BCUT2D eigenvalue weighted by Gasteiger charge is 2.22. The summed E-state index contributed by atoms with van der Waals surface area (Å²) in [5, 5.41) is 12.8. The number of ether oxygens (including phenoxy) is 1. The molecule has 1 atom stereocenters. The number of fused-ring (bicyclic) bond motifs is 1. The molecule has 28 heavy (non-hydrogen) atoms. The van der Waals surface area contributed by atoms with Crippen molar-refractivity contribution in [2.45, 2.75) is 33.2 Å². The second-order valence-electron chi connectivity index (χ2n) is 7.91. The Balaban J connectivity index is 1.74. The third-order valence-corrected chi connectivity index (χ3v) is 4.17. The molecule has 1 amide bonds. The highest BCUT2D eigenvalue weighted by Crippen LogP contribution is 2.23. The molecule has 0 radical (unpaired) electrons. The summed E-state index contributed by atoms with van der Waals surface area (Å²) in [5.74, 6) is -0.0151. The van der Waals surface area contributed by atoms with Crippen molar-refractivity contribution in [3.63, 3.8) is 0 Å². The van der Waals surface area contributed by atoms with Crippen molar-refractivity contribution in [2.24, 2.45) is 5.41 Å². The number of allylic oxidation sites excluding steroid dienone is 1. The zero-order chi connectivity index (χ0) is 20.3. The second-order valence-corrected chi connectivity index (χ2v) is 7.91. The molecule has 6 nitrogen and oxygen atoms in total. The van der Waals surface area contributed by atoms with Gasteiger partial charge in [-0.15, -0.1) is 0 Å². The van der Waals surface area contributed by atoms with Gasteiger partial charge in [0.25, 0.3) is 5.91 Å². The summed E-state index contributed by atoms with van der Waals surface area (Å²) in [5.41, 5.74) is 0.00485. The van der Waals surface area contributed by atoms with E-state index in [0.29, 0.717) is 35.3 Å². The first-order valence-corrected chi connectivity index (χ1v) is 9.06. The number of rotatable bonds is 4. The average Bonchev–Trinajstić information content (AvgIpc) is 2.65. The topological polar surface area (TPSA) is 92.3 Å². The van der Waals surface area contributed by atoms with Crippen LogP contribution in [0.5, 0.6) is 0 Å². The van der Waals surface area contributed by atoms with Crippen molar-refractivity contribution in [1.29, 1.82) is 5.26 Å². The average molecular weight is 378 g/mol. The fourth-order valence-electron chi connectivity index (χ4n) is 2.79. The fourth-order valence-corrected chi connectivity index (χ4v) is 2.79. The Morgan fingerprint density at radius 3 is 2.82 bits per heavy atom. The van der Waals surface area contributed by atoms with Gasteiger partial charge in [0.15, 0.2) is 0 Å². The van der Waals surface area contributed by atoms with E-state index in [2.05, 4.69) is 11.4 Å². The molecule has 0 saturated carbocycles. The third kappa shape index (κ3) is 4.49. The van der Waals surface area contributed by atoms with E-state index in [9.17, 15) is 14.9 Å². The lowest BCUT2D eigenvalue weighted by Crippen LogP contribution is -2.37. The maximum Gasteiger partial charge on any atom is 0.349 e. The Hall–Kier alpha value is -3.33.